The highest BCUT2D eigenvalue weighted by Gasteiger charge is 2.43. The van der Waals surface area contributed by atoms with E-state index in [1.165, 1.54) is 38.5 Å². The summed E-state index contributed by atoms with van der Waals surface area (Å²) in [4.78, 5) is 0. The molecule has 0 heteroatoms. The van der Waals surface area contributed by atoms with Crippen LogP contribution in [0.15, 0.2) is 11.1 Å². The smallest absolute Gasteiger partial charge is 0.00700 e. The molecule has 0 fully saturated rings. The van der Waals surface area contributed by atoms with Crippen LogP contribution in [-0.4, -0.2) is 0 Å². The molecule has 2 aliphatic carbocycles. The third-order valence-electron chi connectivity index (χ3n) is 3.41. The SMILES string of the molecule is CC1(C)C2=C1CCCCCC2. The van der Waals surface area contributed by atoms with Gasteiger partial charge < -0.3 is 0 Å². The lowest BCUT2D eigenvalue weighted by molar-refractivity contribution is 0.637. The minimum atomic E-state index is 0.560. The van der Waals surface area contributed by atoms with E-state index in [1.807, 2.05) is 0 Å². The molecule has 0 unspecified atom stereocenters. The average Bonchev–Trinajstić information content (AvgIpc) is 2.29. The quantitative estimate of drug-likeness (QED) is 0.462. The monoisotopic (exact) mass is 150 g/mol. The number of hydrogen-bond acceptors (Lipinski definition) is 0. The Hall–Kier alpha value is -0.260. The van der Waals surface area contributed by atoms with Gasteiger partial charge in [0.15, 0.2) is 0 Å². The second kappa shape index (κ2) is 2.36. The molecule has 0 aromatic rings. The van der Waals surface area contributed by atoms with Gasteiger partial charge in [-0.3, -0.25) is 0 Å². The number of allylic oxidation sites excluding steroid dienone is 2. The van der Waals surface area contributed by atoms with Gasteiger partial charge in [0.1, 0.15) is 0 Å². The molecule has 62 valence electrons. The highest BCUT2D eigenvalue weighted by molar-refractivity contribution is 5.47. The van der Waals surface area contributed by atoms with Crippen LogP contribution >= 0.6 is 0 Å². The van der Waals surface area contributed by atoms with Gasteiger partial charge >= 0.3 is 0 Å². The summed E-state index contributed by atoms with van der Waals surface area (Å²) in [7, 11) is 0. The van der Waals surface area contributed by atoms with E-state index < -0.39 is 0 Å². The summed E-state index contributed by atoms with van der Waals surface area (Å²) in [6, 6.07) is 0. The minimum absolute atomic E-state index is 0.560. The summed E-state index contributed by atoms with van der Waals surface area (Å²) < 4.78 is 0. The van der Waals surface area contributed by atoms with Crippen molar-refractivity contribution in [2.75, 3.05) is 0 Å². The van der Waals surface area contributed by atoms with Crippen molar-refractivity contribution in [2.24, 2.45) is 5.41 Å². The molecule has 2 aliphatic rings. The molecule has 0 bridgehead atoms. The number of hydrogen-bond donors (Lipinski definition) is 0. The van der Waals surface area contributed by atoms with Gasteiger partial charge in [0.25, 0.3) is 0 Å². The molecule has 0 saturated heterocycles. The van der Waals surface area contributed by atoms with E-state index in [9.17, 15) is 0 Å². The lowest BCUT2D eigenvalue weighted by atomic mass is 10.0. The van der Waals surface area contributed by atoms with Crippen molar-refractivity contribution in [3.8, 4) is 0 Å². The fourth-order valence-electron chi connectivity index (χ4n) is 2.51. The van der Waals surface area contributed by atoms with Gasteiger partial charge in [-0.1, -0.05) is 37.8 Å². The molecular formula is C11H18. The van der Waals surface area contributed by atoms with Gasteiger partial charge in [0, 0.05) is 5.41 Å². The van der Waals surface area contributed by atoms with E-state index in [1.54, 1.807) is 11.1 Å². The standard InChI is InChI=1S/C11H18/c1-11(2)9-7-5-3-4-6-8-10(9)11/h3-8H2,1-2H3. The zero-order chi connectivity index (χ0) is 7.90. The minimum Gasteiger partial charge on any atom is -0.0604 e. The van der Waals surface area contributed by atoms with Gasteiger partial charge in [-0.15, -0.1) is 0 Å². The van der Waals surface area contributed by atoms with Gasteiger partial charge in [-0.25, -0.2) is 0 Å². The molecule has 0 aromatic carbocycles. The van der Waals surface area contributed by atoms with E-state index in [0.717, 1.165) is 0 Å². The average molecular weight is 150 g/mol. The first kappa shape index (κ1) is 7.39. The van der Waals surface area contributed by atoms with Crippen molar-refractivity contribution in [1.29, 1.82) is 0 Å². The normalized spacial score (nSPS) is 28.9. The first-order valence-electron chi connectivity index (χ1n) is 4.96. The lowest BCUT2D eigenvalue weighted by Gasteiger charge is -2.03. The van der Waals surface area contributed by atoms with Crippen molar-refractivity contribution in [1.82, 2.24) is 0 Å². The van der Waals surface area contributed by atoms with Crippen LogP contribution in [0.3, 0.4) is 0 Å². The first-order chi connectivity index (χ1) is 5.23. The first-order valence-corrected chi connectivity index (χ1v) is 4.96. The largest absolute Gasteiger partial charge is 0.0604 e. The highest BCUT2D eigenvalue weighted by atomic mass is 14.5. The number of rotatable bonds is 0. The topological polar surface area (TPSA) is 0 Å². The van der Waals surface area contributed by atoms with Crippen LogP contribution in [-0.2, 0) is 0 Å². The maximum Gasteiger partial charge on any atom is 0.00700 e. The predicted octanol–water partition coefficient (Wildman–Crippen LogP) is 3.68. The molecule has 0 aliphatic heterocycles. The third-order valence-corrected chi connectivity index (χ3v) is 3.41. The molecule has 0 aromatic heterocycles. The summed E-state index contributed by atoms with van der Waals surface area (Å²) in [6.07, 6.45) is 8.63. The van der Waals surface area contributed by atoms with Crippen molar-refractivity contribution in [3.05, 3.63) is 11.1 Å². The van der Waals surface area contributed by atoms with E-state index in [0.29, 0.717) is 5.41 Å². The lowest BCUT2D eigenvalue weighted by Crippen LogP contribution is -1.92. The molecule has 0 atom stereocenters. The Labute approximate surface area is 69.7 Å². The molecule has 11 heavy (non-hydrogen) atoms. The van der Waals surface area contributed by atoms with Crippen molar-refractivity contribution in [2.45, 2.75) is 52.4 Å². The fourth-order valence-corrected chi connectivity index (χ4v) is 2.51. The van der Waals surface area contributed by atoms with Gasteiger partial charge in [0.2, 0.25) is 0 Å². The third kappa shape index (κ3) is 1.13. The van der Waals surface area contributed by atoms with Crippen LogP contribution < -0.4 is 0 Å². The second-order valence-electron chi connectivity index (χ2n) is 4.50. The Kier molecular flexibility index (Phi) is 1.59. The van der Waals surface area contributed by atoms with Crippen LogP contribution in [0.25, 0.3) is 0 Å². The Morgan fingerprint density at radius 3 is 1.73 bits per heavy atom. The molecule has 0 heterocycles. The molecule has 0 N–H and O–H groups in total. The molecule has 0 saturated carbocycles. The molecule has 0 nitrogen and oxygen atoms in total. The Morgan fingerprint density at radius 2 is 1.27 bits per heavy atom. The Morgan fingerprint density at radius 1 is 0.818 bits per heavy atom. The van der Waals surface area contributed by atoms with Gasteiger partial charge in [-0.2, -0.15) is 0 Å². The second-order valence-corrected chi connectivity index (χ2v) is 4.50. The Bertz CT molecular complexity index is 176. The van der Waals surface area contributed by atoms with Gasteiger partial charge in [-0.05, 0) is 25.7 Å². The summed E-state index contributed by atoms with van der Waals surface area (Å²) in [5.41, 5.74) is 4.17. The maximum atomic E-state index is 2.39. The van der Waals surface area contributed by atoms with Crippen LogP contribution in [0.1, 0.15) is 52.4 Å². The van der Waals surface area contributed by atoms with E-state index in [-0.39, 0.29) is 0 Å². The van der Waals surface area contributed by atoms with Crippen molar-refractivity contribution >= 4 is 0 Å². The van der Waals surface area contributed by atoms with E-state index >= 15 is 0 Å². The summed E-state index contributed by atoms with van der Waals surface area (Å²) >= 11 is 0. The van der Waals surface area contributed by atoms with Crippen LogP contribution in [0.4, 0.5) is 0 Å². The summed E-state index contributed by atoms with van der Waals surface area (Å²) in [5.74, 6) is 0. The maximum absolute atomic E-state index is 2.39. The summed E-state index contributed by atoms with van der Waals surface area (Å²) in [6.45, 7) is 4.78. The molecule has 2 rings (SSSR count). The van der Waals surface area contributed by atoms with Crippen LogP contribution in [0, 0.1) is 5.41 Å². The van der Waals surface area contributed by atoms with E-state index in [2.05, 4.69) is 13.8 Å². The zero-order valence-electron chi connectivity index (χ0n) is 7.74. The van der Waals surface area contributed by atoms with Crippen molar-refractivity contribution < 1.29 is 0 Å². The van der Waals surface area contributed by atoms with Crippen molar-refractivity contribution in [3.63, 3.8) is 0 Å². The Balaban J connectivity index is 2.05. The molecule has 0 spiro atoms. The summed E-state index contributed by atoms with van der Waals surface area (Å²) in [5, 5.41) is 0. The molecule has 0 amide bonds. The van der Waals surface area contributed by atoms with E-state index in [4.69, 9.17) is 0 Å². The van der Waals surface area contributed by atoms with Crippen LogP contribution in [0.2, 0.25) is 0 Å². The zero-order valence-corrected chi connectivity index (χ0v) is 7.74. The highest BCUT2D eigenvalue weighted by Crippen LogP contribution is 2.57. The van der Waals surface area contributed by atoms with Crippen LogP contribution in [0.5, 0.6) is 0 Å². The van der Waals surface area contributed by atoms with Gasteiger partial charge in [0.05, 0.1) is 0 Å². The molecule has 0 radical (unpaired) electrons. The molecular weight excluding hydrogens is 132 g/mol. The predicted molar refractivity (Wildman–Crippen MR) is 48.5 cm³/mol. The fraction of sp³-hybridized carbons (Fsp3) is 0.818.